The van der Waals surface area contributed by atoms with Crippen molar-refractivity contribution in [1.29, 1.82) is 0 Å². The van der Waals surface area contributed by atoms with Crippen LogP contribution in [0.2, 0.25) is 0 Å². The van der Waals surface area contributed by atoms with E-state index in [1.807, 2.05) is 46.8 Å². The van der Waals surface area contributed by atoms with E-state index in [4.69, 9.17) is 10.2 Å². The van der Waals surface area contributed by atoms with Gasteiger partial charge in [0.2, 0.25) is 0 Å². The molecule has 4 rings (SSSR count). The molecule has 0 saturated heterocycles. The average Bonchev–Trinajstić information content (AvgIpc) is 3.24. The van der Waals surface area contributed by atoms with Gasteiger partial charge in [0.05, 0.1) is 35.3 Å². The van der Waals surface area contributed by atoms with E-state index in [0.717, 1.165) is 11.1 Å². The van der Waals surface area contributed by atoms with Crippen molar-refractivity contribution in [3.63, 3.8) is 0 Å². The van der Waals surface area contributed by atoms with E-state index in [1.165, 1.54) is 9.80 Å². The number of hydrogen-bond acceptors (Lipinski definition) is 6. The zero-order valence-corrected chi connectivity index (χ0v) is 22.6. The van der Waals surface area contributed by atoms with Crippen molar-refractivity contribution in [2.45, 2.75) is 58.8 Å². The summed E-state index contributed by atoms with van der Waals surface area (Å²) in [7, 11) is 0. The van der Waals surface area contributed by atoms with Crippen molar-refractivity contribution in [2.75, 3.05) is 22.9 Å². The van der Waals surface area contributed by atoms with Crippen molar-refractivity contribution in [3.05, 3.63) is 58.7 Å². The number of rotatable bonds is 7. The molecular weight excluding hydrogens is 504 g/mol. The van der Waals surface area contributed by atoms with Crippen LogP contribution in [0.15, 0.2) is 36.4 Å². The summed E-state index contributed by atoms with van der Waals surface area (Å²) in [6.07, 6.45) is -0.357. The highest BCUT2D eigenvalue weighted by molar-refractivity contribution is 6.53. The fourth-order valence-corrected chi connectivity index (χ4v) is 4.30. The van der Waals surface area contributed by atoms with Gasteiger partial charge in [-0.15, -0.1) is 0 Å². The number of carboxylic acid groups (broad SMARTS) is 2. The lowest BCUT2D eigenvalue weighted by atomic mass is 9.86. The van der Waals surface area contributed by atoms with Gasteiger partial charge in [-0.2, -0.15) is 0 Å². The first kappa shape index (κ1) is 29.2. The molecule has 0 radical (unpaired) electrons. The van der Waals surface area contributed by atoms with E-state index >= 15 is 0 Å². The van der Waals surface area contributed by atoms with Gasteiger partial charge in [-0.25, -0.2) is 0 Å². The van der Waals surface area contributed by atoms with Gasteiger partial charge in [0, 0.05) is 13.1 Å². The molecule has 0 aliphatic carbocycles. The normalized spacial score (nSPS) is 14.4. The molecule has 2 aliphatic heterocycles. The first-order valence-electron chi connectivity index (χ1n) is 12.6. The summed E-state index contributed by atoms with van der Waals surface area (Å²) in [6.45, 7) is 10.1. The maximum atomic E-state index is 12.0. The number of carboxylic acids is 2. The largest absolute Gasteiger partial charge is 0.481 e. The summed E-state index contributed by atoms with van der Waals surface area (Å²) >= 11 is 0. The molecule has 39 heavy (non-hydrogen) atoms. The molecule has 2 N–H and O–H groups in total. The van der Waals surface area contributed by atoms with Gasteiger partial charge in [-0.05, 0) is 46.7 Å². The molecule has 2 heterocycles. The molecular formula is C29H32N2O8. The SMILES string of the molecule is CC(C)(C)c1ccc2c(c1)C(=O)C(=O)N2CCC(=O)O.CC(C)c1ccc2c(c1)C(=O)C(=O)N2CCC(=O)O. The molecule has 2 aromatic rings. The summed E-state index contributed by atoms with van der Waals surface area (Å²) in [6, 6.07) is 10.6. The molecule has 2 amide bonds. The van der Waals surface area contributed by atoms with Crippen LogP contribution in [-0.4, -0.2) is 58.6 Å². The summed E-state index contributed by atoms with van der Waals surface area (Å²) in [5.74, 6) is -4.12. The van der Waals surface area contributed by atoms with Crippen LogP contribution in [0.1, 0.15) is 85.2 Å². The highest BCUT2D eigenvalue weighted by Crippen LogP contribution is 2.34. The van der Waals surface area contributed by atoms with Crippen LogP contribution >= 0.6 is 0 Å². The second kappa shape index (κ2) is 11.2. The van der Waals surface area contributed by atoms with Crippen LogP contribution in [0.4, 0.5) is 11.4 Å². The number of ketones is 2. The third-order valence-corrected chi connectivity index (χ3v) is 6.60. The topological polar surface area (TPSA) is 149 Å². The zero-order valence-electron chi connectivity index (χ0n) is 22.6. The van der Waals surface area contributed by atoms with Crippen molar-refractivity contribution in [1.82, 2.24) is 0 Å². The fraction of sp³-hybridized carbons (Fsp3) is 0.379. The maximum absolute atomic E-state index is 12.0. The van der Waals surface area contributed by atoms with Crippen LogP contribution in [0.25, 0.3) is 0 Å². The van der Waals surface area contributed by atoms with Crippen molar-refractivity contribution >= 4 is 46.7 Å². The number of Topliss-reactive ketones (excluding diaryl/α,β-unsaturated/α-hetero) is 2. The van der Waals surface area contributed by atoms with Crippen LogP contribution in [0, 0.1) is 0 Å². The Labute approximate surface area is 226 Å². The highest BCUT2D eigenvalue weighted by atomic mass is 16.4. The maximum Gasteiger partial charge on any atom is 0.305 e. The number of amides is 2. The van der Waals surface area contributed by atoms with Crippen LogP contribution < -0.4 is 9.80 Å². The van der Waals surface area contributed by atoms with E-state index in [-0.39, 0.29) is 37.3 Å². The molecule has 0 saturated carbocycles. The molecule has 0 unspecified atom stereocenters. The third kappa shape index (κ3) is 6.22. The van der Waals surface area contributed by atoms with Crippen LogP contribution in [0.5, 0.6) is 0 Å². The zero-order chi connectivity index (χ0) is 29.2. The van der Waals surface area contributed by atoms with E-state index in [9.17, 15) is 28.8 Å². The second-order valence-corrected chi connectivity index (χ2v) is 10.8. The smallest absolute Gasteiger partial charge is 0.305 e. The quantitative estimate of drug-likeness (QED) is 0.508. The summed E-state index contributed by atoms with van der Waals surface area (Å²) in [4.78, 5) is 71.3. The molecule has 2 aromatic carbocycles. The summed E-state index contributed by atoms with van der Waals surface area (Å²) in [5, 5.41) is 17.4. The first-order chi connectivity index (χ1) is 18.1. The van der Waals surface area contributed by atoms with Gasteiger partial charge >= 0.3 is 11.9 Å². The Hall–Kier alpha value is -4.34. The van der Waals surface area contributed by atoms with Gasteiger partial charge < -0.3 is 20.0 Å². The van der Waals surface area contributed by atoms with Crippen molar-refractivity contribution in [2.24, 2.45) is 0 Å². The molecule has 0 atom stereocenters. The Morgan fingerprint density at radius 1 is 0.744 bits per heavy atom. The van der Waals surface area contributed by atoms with Crippen LogP contribution in [0.3, 0.4) is 0 Å². The fourth-order valence-electron chi connectivity index (χ4n) is 4.30. The van der Waals surface area contributed by atoms with Gasteiger partial charge in [0.25, 0.3) is 23.4 Å². The number of benzene rings is 2. The molecule has 0 aromatic heterocycles. The van der Waals surface area contributed by atoms with Crippen molar-refractivity contribution in [3.8, 4) is 0 Å². The Bertz CT molecular complexity index is 1370. The molecule has 2 aliphatic rings. The van der Waals surface area contributed by atoms with E-state index in [2.05, 4.69) is 0 Å². The van der Waals surface area contributed by atoms with Crippen LogP contribution in [-0.2, 0) is 24.6 Å². The third-order valence-electron chi connectivity index (χ3n) is 6.60. The van der Waals surface area contributed by atoms with Crippen molar-refractivity contribution < 1.29 is 39.0 Å². The molecule has 10 nitrogen and oxygen atoms in total. The average molecular weight is 537 g/mol. The summed E-state index contributed by atoms with van der Waals surface area (Å²) < 4.78 is 0. The first-order valence-corrected chi connectivity index (χ1v) is 12.6. The molecule has 0 fully saturated rings. The number of fused-ring (bicyclic) bond motifs is 2. The lowest BCUT2D eigenvalue weighted by molar-refractivity contribution is -0.137. The lowest BCUT2D eigenvalue weighted by Gasteiger charge is -2.20. The Balaban J connectivity index is 0.000000216. The predicted molar refractivity (Wildman–Crippen MR) is 144 cm³/mol. The minimum Gasteiger partial charge on any atom is -0.481 e. The Morgan fingerprint density at radius 2 is 1.18 bits per heavy atom. The summed E-state index contributed by atoms with van der Waals surface area (Å²) in [5.41, 5.74) is 3.61. The monoisotopic (exact) mass is 536 g/mol. The Kier molecular flexibility index (Phi) is 8.38. The number of carbonyl (C=O) groups excluding carboxylic acids is 4. The molecule has 0 bridgehead atoms. The van der Waals surface area contributed by atoms with E-state index in [1.54, 1.807) is 24.3 Å². The number of anilines is 2. The minimum absolute atomic E-state index is 0.0156. The van der Waals surface area contributed by atoms with Gasteiger partial charge in [-0.3, -0.25) is 28.8 Å². The van der Waals surface area contributed by atoms with Gasteiger partial charge in [-0.1, -0.05) is 46.8 Å². The highest BCUT2D eigenvalue weighted by Gasteiger charge is 2.37. The molecule has 10 heteroatoms. The number of carbonyl (C=O) groups is 6. The number of aliphatic carboxylic acids is 2. The molecule has 206 valence electrons. The van der Waals surface area contributed by atoms with Gasteiger partial charge in [0.1, 0.15) is 0 Å². The van der Waals surface area contributed by atoms with E-state index < -0.39 is 35.3 Å². The lowest BCUT2D eigenvalue weighted by Crippen LogP contribution is -2.31. The second-order valence-electron chi connectivity index (χ2n) is 10.8. The Morgan fingerprint density at radius 3 is 1.59 bits per heavy atom. The standard InChI is InChI=1S/C15H17NO4.C14H15NO4/c1-15(2,3)9-4-5-11-10(8-9)13(19)14(20)16(11)7-6-12(17)18;1-8(2)9-3-4-11-10(7-9)13(18)14(19)15(11)6-5-12(16)17/h4-5,8H,6-7H2,1-3H3,(H,17,18);3-4,7-8H,5-6H2,1-2H3,(H,16,17). The predicted octanol–water partition coefficient (Wildman–Crippen LogP) is 3.80. The number of hydrogen-bond donors (Lipinski definition) is 2. The minimum atomic E-state index is -0.995. The van der Waals surface area contributed by atoms with Gasteiger partial charge in [0.15, 0.2) is 0 Å². The number of nitrogens with zero attached hydrogens (tertiary/aromatic N) is 2. The van der Waals surface area contributed by atoms with E-state index in [0.29, 0.717) is 22.5 Å². The molecule has 0 spiro atoms.